The van der Waals surface area contributed by atoms with Crippen molar-refractivity contribution in [2.45, 2.75) is 37.7 Å². The normalized spacial score (nSPS) is 22.0. The summed E-state index contributed by atoms with van der Waals surface area (Å²) < 4.78 is 27.8. The van der Waals surface area contributed by atoms with E-state index >= 15 is 0 Å². The number of morpholine rings is 1. The number of nitrogens with zero attached hydrogens (tertiary/aromatic N) is 1. The van der Waals surface area contributed by atoms with Crippen LogP contribution in [-0.2, 0) is 14.3 Å². The first-order valence-corrected chi connectivity index (χ1v) is 15.5. The monoisotopic (exact) mass is 658 g/mol. The van der Waals surface area contributed by atoms with Crippen LogP contribution in [0.1, 0.15) is 48.0 Å². The molecule has 0 radical (unpaired) electrons. The maximum absolute atomic E-state index is 14.3. The van der Waals surface area contributed by atoms with E-state index in [9.17, 15) is 24.6 Å². The standard InChI is InChI=1S/C33H39ClN2O10/c1-18-14-22(38)27(31(40)33(18)32(41)28-24(43-3)17-25(44-4)29(34)30(28)46-33)20(19-6-7-21(37)23(15-19)42-2)16-26(39)35-8-5-9-36-10-12-45-13-11-36/h6-7,15,17-18,20,37,40H,5,8-14,16H2,1-4H3,(H,35,39). The lowest BCUT2D eigenvalue weighted by atomic mass is 9.69. The lowest BCUT2D eigenvalue weighted by Crippen LogP contribution is -2.53. The maximum atomic E-state index is 14.3. The molecule has 2 aromatic carbocycles. The fourth-order valence-corrected chi connectivity index (χ4v) is 6.71. The van der Waals surface area contributed by atoms with Crippen molar-refractivity contribution >= 4 is 29.1 Å². The van der Waals surface area contributed by atoms with E-state index < -0.39 is 34.8 Å². The molecule has 3 N–H and O–H groups in total. The van der Waals surface area contributed by atoms with Crippen LogP contribution in [0.4, 0.5) is 0 Å². The average molecular weight is 659 g/mol. The van der Waals surface area contributed by atoms with Crippen molar-refractivity contribution in [1.82, 2.24) is 10.2 Å². The molecule has 3 aliphatic rings. The molecule has 1 aliphatic carbocycles. The van der Waals surface area contributed by atoms with E-state index in [0.29, 0.717) is 31.7 Å². The van der Waals surface area contributed by atoms with Crippen molar-refractivity contribution in [1.29, 1.82) is 0 Å². The summed E-state index contributed by atoms with van der Waals surface area (Å²) in [5, 5.41) is 25.2. The van der Waals surface area contributed by atoms with Gasteiger partial charge in [0.15, 0.2) is 28.8 Å². The minimum Gasteiger partial charge on any atom is -0.507 e. The van der Waals surface area contributed by atoms with Gasteiger partial charge >= 0.3 is 0 Å². The summed E-state index contributed by atoms with van der Waals surface area (Å²) in [4.78, 5) is 43.7. The molecule has 0 bridgehead atoms. The molecule has 2 aromatic rings. The molecular weight excluding hydrogens is 620 g/mol. The Balaban J connectivity index is 1.52. The number of amides is 1. The summed E-state index contributed by atoms with van der Waals surface area (Å²) >= 11 is 6.57. The van der Waals surface area contributed by atoms with E-state index in [1.807, 2.05) is 0 Å². The number of methoxy groups -OCH3 is 3. The fourth-order valence-electron chi connectivity index (χ4n) is 6.45. The van der Waals surface area contributed by atoms with E-state index in [1.165, 1.54) is 39.5 Å². The van der Waals surface area contributed by atoms with Gasteiger partial charge in [-0.1, -0.05) is 24.6 Å². The lowest BCUT2D eigenvalue weighted by Gasteiger charge is -2.38. The van der Waals surface area contributed by atoms with Gasteiger partial charge in [-0.05, 0) is 30.7 Å². The first-order chi connectivity index (χ1) is 22.1. The van der Waals surface area contributed by atoms with E-state index in [1.54, 1.807) is 13.0 Å². The number of allylic oxidation sites excluding steroid dienone is 1. The van der Waals surface area contributed by atoms with Crippen LogP contribution in [0.5, 0.6) is 28.7 Å². The molecule has 12 nitrogen and oxygen atoms in total. The highest BCUT2D eigenvalue weighted by molar-refractivity contribution is 6.35. The van der Waals surface area contributed by atoms with Gasteiger partial charge in [0.2, 0.25) is 17.3 Å². The lowest BCUT2D eigenvalue weighted by molar-refractivity contribution is -0.121. The maximum Gasteiger partial charge on any atom is 0.231 e. The second-order valence-electron chi connectivity index (χ2n) is 11.6. The minimum atomic E-state index is -2.01. The number of phenolic OH excluding ortho intramolecular Hbond substituents is 1. The molecule has 1 amide bonds. The number of nitrogens with one attached hydrogen (secondary N) is 1. The number of aliphatic hydroxyl groups is 1. The van der Waals surface area contributed by atoms with Crippen LogP contribution in [-0.4, -0.2) is 98.9 Å². The number of fused-ring (bicyclic) bond motifs is 1. The number of aromatic hydroxyl groups is 1. The van der Waals surface area contributed by atoms with Crippen molar-refractivity contribution in [3.8, 4) is 28.7 Å². The van der Waals surface area contributed by atoms with Gasteiger partial charge in [0, 0.05) is 56.0 Å². The summed E-state index contributed by atoms with van der Waals surface area (Å²) in [5.41, 5.74) is -1.72. The number of rotatable bonds is 11. The van der Waals surface area contributed by atoms with E-state index in [2.05, 4.69) is 10.2 Å². The number of hydrogen-bond donors (Lipinski definition) is 3. The zero-order chi connectivity index (χ0) is 33.2. The zero-order valence-electron chi connectivity index (χ0n) is 26.3. The molecule has 1 fully saturated rings. The number of Topliss-reactive ketones (excluding diaryl/α,β-unsaturated/α-hetero) is 2. The van der Waals surface area contributed by atoms with E-state index in [-0.39, 0.29) is 63.7 Å². The smallest absolute Gasteiger partial charge is 0.231 e. The molecule has 13 heteroatoms. The largest absolute Gasteiger partial charge is 0.507 e. The second kappa shape index (κ2) is 13.8. The van der Waals surface area contributed by atoms with Gasteiger partial charge in [-0.25, -0.2) is 0 Å². The fraction of sp³-hybridized carbons (Fsp3) is 0.485. The Kier molecular flexibility index (Phi) is 9.99. The molecule has 46 heavy (non-hydrogen) atoms. The number of carbonyl (C=O) groups is 3. The minimum absolute atomic E-state index is 0.0123. The van der Waals surface area contributed by atoms with Crippen molar-refractivity contribution in [2.75, 3.05) is 60.7 Å². The highest BCUT2D eigenvalue weighted by Gasteiger charge is 2.61. The van der Waals surface area contributed by atoms with Crippen LogP contribution in [0.3, 0.4) is 0 Å². The van der Waals surface area contributed by atoms with Gasteiger partial charge in [0.25, 0.3) is 0 Å². The molecule has 3 unspecified atom stereocenters. The molecule has 248 valence electrons. The number of aliphatic hydroxyl groups excluding tert-OH is 1. The molecular formula is C33H39ClN2O10. The first kappa shape index (κ1) is 33.4. The summed E-state index contributed by atoms with van der Waals surface area (Å²) in [6.45, 7) is 5.86. The summed E-state index contributed by atoms with van der Waals surface area (Å²) in [7, 11) is 4.16. The van der Waals surface area contributed by atoms with Crippen molar-refractivity contribution in [3.05, 3.63) is 51.7 Å². The van der Waals surface area contributed by atoms with Crippen LogP contribution in [0.2, 0.25) is 5.02 Å². The van der Waals surface area contributed by atoms with Gasteiger partial charge in [0.05, 0.1) is 34.5 Å². The number of halogens is 1. The number of hydrogen-bond acceptors (Lipinski definition) is 11. The van der Waals surface area contributed by atoms with Crippen molar-refractivity contribution < 1.29 is 48.3 Å². The van der Waals surface area contributed by atoms with E-state index in [4.69, 9.17) is 35.3 Å². The highest BCUT2D eigenvalue weighted by Crippen LogP contribution is 2.56. The Morgan fingerprint density at radius 1 is 1.09 bits per heavy atom. The molecule has 2 heterocycles. The van der Waals surface area contributed by atoms with Crippen LogP contribution >= 0.6 is 11.6 Å². The summed E-state index contributed by atoms with van der Waals surface area (Å²) in [6, 6.07) is 5.88. The molecule has 1 spiro atoms. The van der Waals surface area contributed by atoms with Gasteiger partial charge in [0.1, 0.15) is 22.1 Å². The highest BCUT2D eigenvalue weighted by atomic mass is 35.5. The van der Waals surface area contributed by atoms with Gasteiger partial charge in [-0.15, -0.1) is 0 Å². The number of phenols is 1. The van der Waals surface area contributed by atoms with Crippen LogP contribution in [0.25, 0.3) is 0 Å². The van der Waals surface area contributed by atoms with Crippen LogP contribution in [0, 0.1) is 5.92 Å². The quantitative estimate of drug-likeness (QED) is 0.302. The Bertz CT molecular complexity index is 1550. The Labute approximate surface area is 272 Å². The Morgan fingerprint density at radius 3 is 2.46 bits per heavy atom. The first-order valence-electron chi connectivity index (χ1n) is 15.2. The number of carbonyl (C=O) groups excluding carboxylic acids is 3. The van der Waals surface area contributed by atoms with Gasteiger partial charge < -0.3 is 39.2 Å². The predicted molar refractivity (Wildman–Crippen MR) is 168 cm³/mol. The van der Waals surface area contributed by atoms with Crippen molar-refractivity contribution in [2.24, 2.45) is 5.92 Å². The summed E-state index contributed by atoms with van der Waals surface area (Å²) in [6.07, 6.45) is 0.312. The number of ether oxygens (including phenoxy) is 5. The number of benzene rings is 2. The zero-order valence-corrected chi connectivity index (χ0v) is 27.1. The van der Waals surface area contributed by atoms with Crippen molar-refractivity contribution in [3.63, 3.8) is 0 Å². The van der Waals surface area contributed by atoms with Crippen LogP contribution < -0.4 is 24.3 Å². The topological polar surface area (TPSA) is 153 Å². The molecule has 5 rings (SSSR count). The third-order valence-electron chi connectivity index (χ3n) is 8.93. The SMILES string of the molecule is COc1cc(C(CC(=O)NCCCN2CCOCC2)C2=C(O)C3(Oc4c(Cl)c(OC)cc(OC)c4C3=O)C(C)CC2=O)ccc1O. The summed E-state index contributed by atoms with van der Waals surface area (Å²) in [5.74, 6) is -3.60. The molecule has 0 saturated carbocycles. The third-order valence-corrected chi connectivity index (χ3v) is 9.29. The number of ketones is 2. The van der Waals surface area contributed by atoms with E-state index in [0.717, 1.165) is 19.6 Å². The molecule has 1 saturated heterocycles. The molecule has 3 atom stereocenters. The predicted octanol–water partition coefficient (Wildman–Crippen LogP) is 3.82. The van der Waals surface area contributed by atoms with Crippen LogP contribution in [0.15, 0.2) is 35.6 Å². The second-order valence-corrected chi connectivity index (χ2v) is 12.0. The molecule has 0 aromatic heterocycles. The molecule has 2 aliphatic heterocycles. The third kappa shape index (κ3) is 5.96. The van der Waals surface area contributed by atoms with Gasteiger partial charge in [-0.3, -0.25) is 19.3 Å². The average Bonchev–Trinajstić information content (AvgIpc) is 3.37. The Morgan fingerprint density at radius 2 is 1.78 bits per heavy atom. The Hall–Kier alpha value is -4.00. The van der Waals surface area contributed by atoms with Gasteiger partial charge in [-0.2, -0.15) is 0 Å².